The minimum absolute atomic E-state index is 0.102. The van der Waals surface area contributed by atoms with E-state index in [4.69, 9.17) is 9.97 Å². The number of unbranched alkanes of at least 4 members (excludes halogenated alkanes) is 4. The molecular weight excluding hydrogens is 768 g/mol. The Hall–Kier alpha value is -4.87. The van der Waals surface area contributed by atoms with Crippen LogP contribution >= 0.6 is 0 Å². The van der Waals surface area contributed by atoms with Gasteiger partial charge in [-0.25, -0.2) is 14.4 Å². The van der Waals surface area contributed by atoms with Gasteiger partial charge in [-0.3, -0.25) is 19.4 Å². The number of hydrogen-bond donors (Lipinski definition) is 4. The molecule has 2 aromatic heterocycles. The third-order valence-corrected chi connectivity index (χ3v) is 13.6. The molecule has 4 aromatic rings. The second kappa shape index (κ2) is 19.9. The fourth-order valence-corrected chi connectivity index (χ4v) is 10.2. The molecule has 0 amide bonds. The van der Waals surface area contributed by atoms with Crippen LogP contribution in [0.3, 0.4) is 0 Å². The van der Waals surface area contributed by atoms with Crippen molar-refractivity contribution in [3.8, 4) is 11.1 Å². The largest absolute Gasteiger partial charge is 0.480 e. The molecule has 0 saturated carbocycles. The number of pyridine rings is 2. The minimum atomic E-state index is -1.41. The van der Waals surface area contributed by atoms with Crippen molar-refractivity contribution in [3.63, 3.8) is 0 Å². The maximum absolute atomic E-state index is 16.1. The van der Waals surface area contributed by atoms with E-state index in [0.717, 1.165) is 149 Å². The van der Waals surface area contributed by atoms with Crippen molar-refractivity contribution in [1.29, 1.82) is 0 Å². The number of nitrogens with zero attached hydrogens (tertiary/aromatic N) is 4. The SMILES string of the molecule is O=C(O)[C@@H](c1cccc(-c2ccc([C@H](C(=O)O)N3CC[C@](F)(CCCCCc4ccc5c(n4)NCCC5)C3)cc2)c1)N1CC[C@@H](CCCCCc2ccc3c(n2)NCCC3)C1. The number of aromatic nitrogens is 2. The van der Waals surface area contributed by atoms with E-state index in [1.54, 1.807) is 4.90 Å². The Labute approximate surface area is 360 Å². The van der Waals surface area contributed by atoms with Crippen LogP contribution in [0.5, 0.6) is 0 Å². The van der Waals surface area contributed by atoms with Crippen LogP contribution < -0.4 is 10.6 Å². The Morgan fingerprint density at radius 3 is 2.02 bits per heavy atom. The number of carbonyl (C=O) groups is 2. The summed E-state index contributed by atoms with van der Waals surface area (Å²) in [4.78, 5) is 38.9. The quantitative estimate of drug-likeness (QED) is 0.0679. The van der Waals surface area contributed by atoms with E-state index in [9.17, 15) is 19.8 Å². The molecule has 4 N–H and O–H groups in total. The van der Waals surface area contributed by atoms with Crippen LogP contribution in [-0.4, -0.2) is 86.9 Å². The number of nitrogens with one attached hydrogen (secondary N) is 2. The molecule has 8 rings (SSSR count). The van der Waals surface area contributed by atoms with E-state index in [0.29, 0.717) is 30.9 Å². The maximum atomic E-state index is 16.1. The number of benzene rings is 2. The summed E-state index contributed by atoms with van der Waals surface area (Å²) in [5.41, 5.74) is 6.54. The summed E-state index contributed by atoms with van der Waals surface area (Å²) < 4.78 is 16.1. The second-order valence-electron chi connectivity index (χ2n) is 18.1. The Morgan fingerprint density at radius 2 is 1.36 bits per heavy atom. The minimum Gasteiger partial charge on any atom is -0.480 e. The number of aliphatic carboxylic acids is 2. The van der Waals surface area contributed by atoms with Crippen molar-refractivity contribution in [1.82, 2.24) is 19.8 Å². The van der Waals surface area contributed by atoms with Crippen molar-refractivity contribution in [3.05, 3.63) is 106 Å². The summed E-state index contributed by atoms with van der Waals surface area (Å²) in [6.45, 7) is 3.99. The molecule has 0 unspecified atom stereocenters. The molecule has 61 heavy (non-hydrogen) atoms. The number of anilines is 2. The average Bonchev–Trinajstić information content (AvgIpc) is 3.89. The number of alkyl halides is 1. The Bertz CT molecular complexity index is 2130. The number of carboxylic acids is 2. The first-order valence-electron chi connectivity index (χ1n) is 23.0. The van der Waals surface area contributed by atoms with Gasteiger partial charge in [0.25, 0.3) is 0 Å². The van der Waals surface area contributed by atoms with Crippen LogP contribution in [0.4, 0.5) is 16.0 Å². The zero-order chi connectivity index (χ0) is 42.2. The van der Waals surface area contributed by atoms with Gasteiger partial charge in [0, 0.05) is 44.1 Å². The normalized spacial score (nSPS) is 21.2. The first-order chi connectivity index (χ1) is 29.7. The number of carboxylic acid groups (broad SMARTS) is 2. The van der Waals surface area contributed by atoms with E-state index in [2.05, 4.69) is 39.8 Å². The molecule has 0 spiro atoms. The number of rotatable bonds is 19. The van der Waals surface area contributed by atoms with Gasteiger partial charge in [-0.05, 0) is 141 Å². The zero-order valence-corrected chi connectivity index (χ0v) is 35.6. The molecule has 0 aliphatic carbocycles. The van der Waals surface area contributed by atoms with Crippen LogP contribution in [0.2, 0.25) is 0 Å². The first-order valence-corrected chi connectivity index (χ1v) is 23.0. The van der Waals surface area contributed by atoms with Crippen molar-refractivity contribution >= 4 is 23.6 Å². The number of halogens is 1. The van der Waals surface area contributed by atoms with Gasteiger partial charge in [-0.1, -0.05) is 80.3 Å². The van der Waals surface area contributed by atoms with E-state index in [1.165, 1.54) is 17.5 Å². The lowest BCUT2D eigenvalue weighted by atomic mass is 9.95. The molecular formula is C50H63FN6O4. The second-order valence-corrected chi connectivity index (χ2v) is 18.1. The van der Waals surface area contributed by atoms with Crippen molar-refractivity contribution in [2.45, 2.75) is 120 Å². The van der Waals surface area contributed by atoms with Crippen LogP contribution in [0.25, 0.3) is 11.1 Å². The van der Waals surface area contributed by atoms with Crippen LogP contribution in [0, 0.1) is 5.92 Å². The van der Waals surface area contributed by atoms with Crippen LogP contribution in [0.1, 0.15) is 123 Å². The summed E-state index contributed by atoms with van der Waals surface area (Å²) in [6.07, 6.45) is 15.2. The predicted molar refractivity (Wildman–Crippen MR) is 239 cm³/mol. The lowest BCUT2D eigenvalue weighted by Crippen LogP contribution is -2.35. The standard InChI is InChI=1S/C50H63FN6O4/c51-50(26-6-2-5-16-43-24-22-39-14-9-29-53-47(39)55-43)27-31-57(34-50)44(48(58)59)37-19-17-36(18-20-37)40-11-7-12-41(32-40)45(49(60)61)56-30-25-35(33-56)10-3-1-4-15-42-23-21-38-13-8-28-52-46(38)54-42/h7,11-12,17-24,32,35,44-45H,1-6,8-10,13-16,25-31,33-34H2,(H,52,54)(H,53,55)(H,58,59)(H,60,61)/t35-,44-,45-,50-/m1/s1. The van der Waals surface area contributed by atoms with Gasteiger partial charge in [-0.15, -0.1) is 0 Å². The predicted octanol–water partition coefficient (Wildman–Crippen LogP) is 9.45. The molecule has 4 atom stereocenters. The first kappa shape index (κ1) is 42.8. The smallest absolute Gasteiger partial charge is 0.325 e. The molecule has 11 heteroatoms. The Balaban J connectivity index is 0.806. The Kier molecular flexibility index (Phi) is 14.0. The molecule has 4 aliphatic rings. The van der Waals surface area contributed by atoms with Crippen molar-refractivity contribution in [2.75, 3.05) is 49.9 Å². The van der Waals surface area contributed by atoms with E-state index in [-0.39, 0.29) is 6.54 Å². The van der Waals surface area contributed by atoms with Gasteiger partial charge >= 0.3 is 11.9 Å². The fraction of sp³-hybridized carbons (Fsp3) is 0.520. The third-order valence-electron chi connectivity index (χ3n) is 13.6. The van der Waals surface area contributed by atoms with E-state index >= 15 is 4.39 Å². The average molecular weight is 831 g/mol. The van der Waals surface area contributed by atoms with Gasteiger partial charge in [-0.2, -0.15) is 0 Å². The molecule has 2 saturated heterocycles. The van der Waals surface area contributed by atoms with Crippen molar-refractivity contribution in [2.24, 2.45) is 5.92 Å². The number of aryl methyl sites for hydroxylation is 4. The summed E-state index contributed by atoms with van der Waals surface area (Å²) in [6, 6.07) is 22.2. The lowest BCUT2D eigenvalue weighted by Gasteiger charge is -2.26. The molecule has 0 bridgehead atoms. The summed E-state index contributed by atoms with van der Waals surface area (Å²) in [7, 11) is 0. The Morgan fingerprint density at radius 1 is 0.721 bits per heavy atom. The topological polar surface area (TPSA) is 131 Å². The van der Waals surface area contributed by atoms with Crippen LogP contribution in [0.15, 0.2) is 72.8 Å². The molecule has 4 aliphatic heterocycles. The molecule has 0 radical (unpaired) electrons. The monoisotopic (exact) mass is 830 g/mol. The highest BCUT2D eigenvalue weighted by Gasteiger charge is 2.43. The van der Waals surface area contributed by atoms with E-state index < -0.39 is 29.7 Å². The van der Waals surface area contributed by atoms with E-state index in [1.807, 2.05) is 48.5 Å². The van der Waals surface area contributed by atoms with Crippen molar-refractivity contribution < 1.29 is 24.2 Å². The maximum Gasteiger partial charge on any atom is 0.325 e. The van der Waals surface area contributed by atoms with Gasteiger partial charge in [0.15, 0.2) is 0 Å². The highest BCUT2D eigenvalue weighted by molar-refractivity contribution is 5.78. The molecule has 2 aromatic carbocycles. The number of likely N-dealkylation sites (tertiary alicyclic amines) is 2. The fourth-order valence-electron chi connectivity index (χ4n) is 10.2. The molecule has 2 fully saturated rings. The van der Waals surface area contributed by atoms with Gasteiger partial charge in [0.1, 0.15) is 29.4 Å². The summed E-state index contributed by atoms with van der Waals surface area (Å²) in [5.74, 6) is 0.717. The molecule has 10 nitrogen and oxygen atoms in total. The molecule has 324 valence electrons. The van der Waals surface area contributed by atoms with Gasteiger partial charge < -0.3 is 20.8 Å². The highest BCUT2D eigenvalue weighted by Crippen LogP contribution is 2.38. The summed E-state index contributed by atoms with van der Waals surface area (Å²) in [5, 5.41) is 27.6. The summed E-state index contributed by atoms with van der Waals surface area (Å²) >= 11 is 0. The van der Waals surface area contributed by atoms with Crippen LogP contribution in [-0.2, 0) is 35.3 Å². The van der Waals surface area contributed by atoms with Gasteiger partial charge in [0.2, 0.25) is 0 Å². The lowest BCUT2D eigenvalue weighted by molar-refractivity contribution is -0.144. The third kappa shape index (κ3) is 10.8. The number of fused-ring (bicyclic) bond motifs is 2. The highest BCUT2D eigenvalue weighted by atomic mass is 19.1. The molecule has 6 heterocycles. The zero-order valence-electron chi connectivity index (χ0n) is 35.6. The number of hydrogen-bond acceptors (Lipinski definition) is 8. The van der Waals surface area contributed by atoms with Gasteiger partial charge in [0.05, 0.1) is 0 Å².